The maximum Gasteiger partial charge on any atom is 0.203 e. The van der Waals surface area contributed by atoms with Crippen LogP contribution < -0.4 is 0 Å². The number of nitro groups is 1. The van der Waals surface area contributed by atoms with Crippen LogP contribution in [-0.2, 0) is 0 Å². The first-order chi connectivity index (χ1) is 9.27. The van der Waals surface area contributed by atoms with Gasteiger partial charge in [0.2, 0.25) is 6.54 Å². The lowest BCUT2D eigenvalue weighted by Crippen LogP contribution is -1.99. The smallest absolute Gasteiger partial charge is 0.203 e. The van der Waals surface area contributed by atoms with Crippen LogP contribution in [0.1, 0.15) is 96.8 Å². The molecule has 0 spiro atoms. The van der Waals surface area contributed by atoms with Crippen LogP contribution in [-0.4, -0.2) is 11.5 Å². The molecule has 19 heavy (non-hydrogen) atoms. The number of hydrogen-bond acceptors (Lipinski definition) is 2. The summed E-state index contributed by atoms with van der Waals surface area (Å²) in [6, 6.07) is 0. The van der Waals surface area contributed by atoms with Crippen LogP contribution >= 0.6 is 0 Å². The van der Waals surface area contributed by atoms with Crippen molar-refractivity contribution in [2.45, 2.75) is 96.8 Å². The van der Waals surface area contributed by atoms with E-state index in [4.69, 9.17) is 0 Å². The van der Waals surface area contributed by atoms with Gasteiger partial charge in [0.25, 0.3) is 0 Å². The highest BCUT2D eigenvalue weighted by atomic mass is 16.6. The molecule has 0 radical (unpaired) electrons. The average molecular weight is 271 g/mol. The van der Waals surface area contributed by atoms with Crippen molar-refractivity contribution in [2.24, 2.45) is 0 Å². The number of hydrogen-bond donors (Lipinski definition) is 0. The molecular weight excluding hydrogens is 238 g/mol. The van der Waals surface area contributed by atoms with E-state index in [9.17, 15) is 10.1 Å². The van der Waals surface area contributed by atoms with Gasteiger partial charge < -0.3 is 0 Å². The molecule has 0 saturated carbocycles. The Morgan fingerprint density at radius 1 is 0.632 bits per heavy atom. The molecular formula is C16H33NO2. The van der Waals surface area contributed by atoms with Gasteiger partial charge in [-0.1, -0.05) is 84.0 Å². The fraction of sp³-hybridized carbons (Fsp3) is 1.00. The lowest BCUT2D eigenvalue weighted by Gasteiger charge is -2.02. The van der Waals surface area contributed by atoms with Gasteiger partial charge in [0, 0.05) is 11.3 Å². The first-order valence-electron chi connectivity index (χ1n) is 8.39. The molecule has 0 bridgehead atoms. The molecule has 0 heterocycles. The Hall–Kier alpha value is -0.600. The van der Waals surface area contributed by atoms with Crippen molar-refractivity contribution in [1.29, 1.82) is 0 Å². The molecule has 0 rings (SSSR count). The molecule has 3 heteroatoms. The number of nitrogens with zero attached hydrogens (tertiary/aromatic N) is 1. The summed E-state index contributed by atoms with van der Waals surface area (Å²) in [6.45, 7) is 2.41. The molecule has 0 aliphatic carbocycles. The minimum Gasteiger partial charge on any atom is -0.265 e. The van der Waals surface area contributed by atoms with Crippen LogP contribution in [0.5, 0.6) is 0 Å². The van der Waals surface area contributed by atoms with Crippen molar-refractivity contribution in [3.05, 3.63) is 10.1 Å². The predicted molar refractivity (Wildman–Crippen MR) is 82.2 cm³/mol. The van der Waals surface area contributed by atoms with Gasteiger partial charge in [-0.15, -0.1) is 0 Å². The van der Waals surface area contributed by atoms with Crippen LogP contribution in [0.4, 0.5) is 0 Å². The SMILES string of the molecule is CCCCCCCCCCCCCCCC[N+](=O)[O-]. The monoisotopic (exact) mass is 271 g/mol. The zero-order chi connectivity index (χ0) is 14.2. The second kappa shape index (κ2) is 15.5. The standard InChI is InChI=1S/C16H33NO2/c1-2-3-4-5-6-7-8-9-10-11-12-13-14-15-16-17(18)19/h2-16H2,1H3. The van der Waals surface area contributed by atoms with Crippen LogP contribution in [0.2, 0.25) is 0 Å². The molecule has 0 aromatic heterocycles. The summed E-state index contributed by atoms with van der Waals surface area (Å²) < 4.78 is 0. The summed E-state index contributed by atoms with van der Waals surface area (Å²) in [5, 5.41) is 10.1. The molecule has 0 fully saturated rings. The molecule has 0 saturated heterocycles. The summed E-state index contributed by atoms with van der Waals surface area (Å²) in [5.41, 5.74) is 0. The molecule has 0 aromatic carbocycles. The normalized spacial score (nSPS) is 10.8. The minimum absolute atomic E-state index is 0.151. The average Bonchev–Trinajstić information content (AvgIpc) is 2.39. The molecule has 0 atom stereocenters. The Labute approximate surface area is 119 Å². The van der Waals surface area contributed by atoms with Gasteiger partial charge in [-0.3, -0.25) is 10.1 Å². The van der Waals surface area contributed by atoms with Gasteiger partial charge in [0.15, 0.2) is 0 Å². The Balaban J connectivity index is 2.93. The van der Waals surface area contributed by atoms with Gasteiger partial charge in [0.1, 0.15) is 0 Å². The molecule has 0 unspecified atom stereocenters. The first-order valence-corrected chi connectivity index (χ1v) is 8.39. The number of unbranched alkanes of at least 4 members (excludes halogenated alkanes) is 13. The van der Waals surface area contributed by atoms with Crippen molar-refractivity contribution < 1.29 is 4.92 Å². The van der Waals surface area contributed by atoms with Gasteiger partial charge in [-0.05, 0) is 6.42 Å². The van der Waals surface area contributed by atoms with Crippen LogP contribution in [0.15, 0.2) is 0 Å². The maximum absolute atomic E-state index is 10.1. The van der Waals surface area contributed by atoms with Crippen molar-refractivity contribution in [2.75, 3.05) is 6.54 Å². The van der Waals surface area contributed by atoms with E-state index in [1.165, 1.54) is 77.0 Å². The highest BCUT2D eigenvalue weighted by Crippen LogP contribution is 2.12. The van der Waals surface area contributed by atoms with Crippen molar-refractivity contribution >= 4 is 0 Å². The van der Waals surface area contributed by atoms with Crippen molar-refractivity contribution in [3.8, 4) is 0 Å². The Morgan fingerprint density at radius 3 is 1.26 bits per heavy atom. The number of rotatable bonds is 15. The molecule has 114 valence electrons. The summed E-state index contributed by atoms with van der Waals surface area (Å²) in [7, 11) is 0. The third-order valence-corrected chi connectivity index (χ3v) is 3.69. The van der Waals surface area contributed by atoms with Gasteiger partial charge in [0.05, 0.1) is 0 Å². The third-order valence-electron chi connectivity index (χ3n) is 3.69. The molecule has 0 aromatic rings. The van der Waals surface area contributed by atoms with Crippen molar-refractivity contribution in [3.63, 3.8) is 0 Å². The van der Waals surface area contributed by atoms with E-state index in [0.29, 0.717) is 0 Å². The van der Waals surface area contributed by atoms with Gasteiger partial charge in [-0.25, -0.2) is 0 Å². The molecule has 0 aliphatic heterocycles. The van der Waals surface area contributed by atoms with Crippen molar-refractivity contribution in [1.82, 2.24) is 0 Å². The lowest BCUT2D eigenvalue weighted by atomic mass is 10.0. The first kappa shape index (κ1) is 18.4. The summed E-state index contributed by atoms with van der Waals surface area (Å²) in [5.74, 6) is 0. The fourth-order valence-electron chi connectivity index (χ4n) is 2.44. The van der Waals surface area contributed by atoms with E-state index in [1.807, 2.05) is 0 Å². The topological polar surface area (TPSA) is 43.1 Å². The second-order valence-electron chi connectivity index (χ2n) is 5.65. The summed E-state index contributed by atoms with van der Waals surface area (Å²) >= 11 is 0. The van der Waals surface area contributed by atoms with E-state index in [-0.39, 0.29) is 11.5 Å². The molecule has 0 aliphatic rings. The largest absolute Gasteiger partial charge is 0.265 e. The highest BCUT2D eigenvalue weighted by Gasteiger charge is 1.97. The van der Waals surface area contributed by atoms with Crippen LogP contribution in [0, 0.1) is 10.1 Å². The van der Waals surface area contributed by atoms with E-state index in [2.05, 4.69) is 6.92 Å². The quantitative estimate of drug-likeness (QED) is 0.216. The van der Waals surface area contributed by atoms with Gasteiger partial charge >= 0.3 is 0 Å². The van der Waals surface area contributed by atoms with E-state index >= 15 is 0 Å². The predicted octanol–water partition coefficient (Wildman–Crippen LogP) is 5.74. The molecule has 3 nitrogen and oxygen atoms in total. The fourth-order valence-corrected chi connectivity index (χ4v) is 2.44. The summed E-state index contributed by atoms with van der Waals surface area (Å²) in [4.78, 5) is 9.92. The Kier molecular flexibility index (Phi) is 15.0. The van der Waals surface area contributed by atoms with E-state index in [1.54, 1.807) is 0 Å². The zero-order valence-corrected chi connectivity index (χ0v) is 12.9. The summed E-state index contributed by atoms with van der Waals surface area (Å²) in [6.07, 6.45) is 18.0. The van der Waals surface area contributed by atoms with Crippen LogP contribution in [0.3, 0.4) is 0 Å². The molecule has 0 N–H and O–H groups in total. The third kappa shape index (κ3) is 17.4. The zero-order valence-electron chi connectivity index (χ0n) is 12.9. The molecule has 0 amide bonds. The minimum atomic E-state index is -0.208. The van der Waals surface area contributed by atoms with Crippen LogP contribution in [0.25, 0.3) is 0 Å². The maximum atomic E-state index is 10.1. The Morgan fingerprint density at radius 2 is 0.947 bits per heavy atom. The Bertz CT molecular complexity index is 195. The lowest BCUT2D eigenvalue weighted by molar-refractivity contribution is -0.480. The second-order valence-corrected chi connectivity index (χ2v) is 5.65. The highest BCUT2D eigenvalue weighted by molar-refractivity contribution is 4.49. The van der Waals surface area contributed by atoms with Gasteiger partial charge in [-0.2, -0.15) is 0 Å². The van der Waals surface area contributed by atoms with E-state index < -0.39 is 0 Å². The van der Waals surface area contributed by atoms with E-state index in [0.717, 1.165) is 12.8 Å².